The van der Waals surface area contributed by atoms with E-state index in [0.717, 1.165) is 70.6 Å². The van der Waals surface area contributed by atoms with E-state index in [0.29, 0.717) is 12.8 Å². The molecule has 4 heteroatoms. The Kier molecular flexibility index (Phi) is 42.9. The Morgan fingerprint density at radius 3 is 1.15 bits per heavy atom. The SMILES string of the molecule is CC/C=C\C/C=C\C/C=C\C/C=C\C/C=C\C/C=C\C/C=C\CCCC(=O)NC(CO)C(O)CCCCCCCCCCCCCCCCCCCCC. The number of carbonyl (C=O) groups is 1. The Labute approximate surface area is 335 Å². The summed E-state index contributed by atoms with van der Waals surface area (Å²) < 4.78 is 0. The molecule has 1 amide bonds. The predicted octanol–water partition coefficient (Wildman–Crippen LogP) is 14.5. The van der Waals surface area contributed by atoms with Crippen LogP contribution in [0.15, 0.2) is 85.1 Å². The highest BCUT2D eigenvalue weighted by molar-refractivity contribution is 5.76. The summed E-state index contributed by atoms with van der Waals surface area (Å²) in [6.07, 6.45) is 65.2. The molecule has 54 heavy (non-hydrogen) atoms. The second kappa shape index (κ2) is 45.0. The quantitative estimate of drug-likeness (QED) is 0.0431. The summed E-state index contributed by atoms with van der Waals surface area (Å²) in [5.41, 5.74) is 0. The van der Waals surface area contributed by atoms with E-state index in [-0.39, 0.29) is 12.5 Å². The highest BCUT2D eigenvalue weighted by Gasteiger charge is 2.19. The maximum atomic E-state index is 12.4. The Morgan fingerprint density at radius 2 is 0.796 bits per heavy atom. The molecule has 0 rings (SSSR count). The van der Waals surface area contributed by atoms with Gasteiger partial charge in [0.15, 0.2) is 0 Å². The number of aliphatic hydroxyl groups is 2. The number of aliphatic hydroxyl groups excluding tert-OH is 2. The van der Waals surface area contributed by atoms with Crippen molar-refractivity contribution in [2.45, 2.75) is 219 Å². The molecule has 0 aromatic carbocycles. The molecule has 2 atom stereocenters. The first-order chi connectivity index (χ1) is 26.7. The van der Waals surface area contributed by atoms with Crippen LogP contribution in [0.2, 0.25) is 0 Å². The van der Waals surface area contributed by atoms with Crippen molar-refractivity contribution in [3.8, 4) is 0 Å². The van der Waals surface area contributed by atoms with Crippen molar-refractivity contribution in [1.29, 1.82) is 0 Å². The van der Waals surface area contributed by atoms with Crippen molar-refractivity contribution in [1.82, 2.24) is 5.32 Å². The maximum Gasteiger partial charge on any atom is 0.220 e. The van der Waals surface area contributed by atoms with E-state index in [9.17, 15) is 15.0 Å². The van der Waals surface area contributed by atoms with Crippen molar-refractivity contribution >= 4 is 5.91 Å². The molecule has 4 nitrogen and oxygen atoms in total. The lowest BCUT2D eigenvalue weighted by atomic mass is 10.0. The zero-order valence-electron chi connectivity index (χ0n) is 35.5. The lowest BCUT2D eigenvalue weighted by Crippen LogP contribution is -2.45. The molecule has 0 heterocycles. The summed E-state index contributed by atoms with van der Waals surface area (Å²) in [5, 5.41) is 23.2. The third-order valence-corrected chi connectivity index (χ3v) is 9.92. The molecule has 0 radical (unpaired) electrons. The lowest BCUT2D eigenvalue weighted by Gasteiger charge is -2.22. The fraction of sp³-hybridized carbons (Fsp3) is 0.700. The first-order valence-corrected chi connectivity index (χ1v) is 22.8. The number of nitrogens with one attached hydrogen (secondary N) is 1. The van der Waals surface area contributed by atoms with Crippen LogP contribution in [0.4, 0.5) is 0 Å². The van der Waals surface area contributed by atoms with Gasteiger partial charge in [0.1, 0.15) is 0 Å². The summed E-state index contributed by atoms with van der Waals surface area (Å²) in [4.78, 5) is 12.4. The van der Waals surface area contributed by atoms with E-state index in [1.807, 2.05) is 0 Å². The Hall–Kier alpha value is -2.43. The van der Waals surface area contributed by atoms with Gasteiger partial charge in [0.05, 0.1) is 18.8 Å². The maximum absolute atomic E-state index is 12.4. The van der Waals surface area contributed by atoms with E-state index in [2.05, 4.69) is 104 Å². The number of allylic oxidation sites excluding steroid dienone is 14. The van der Waals surface area contributed by atoms with Crippen molar-refractivity contribution in [2.75, 3.05) is 6.61 Å². The van der Waals surface area contributed by atoms with Crippen molar-refractivity contribution in [3.05, 3.63) is 85.1 Å². The summed E-state index contributed by atoms with van der Waals surface area (Å²) in [7, 11) is 0. The minimum Gasteiger partial charge on any atom is -0.394 e. The Balaban J connectivity index is 3.68. The van der Waals surface area contributed by atoms with Crippen LogP contribution in [0.25, 0.3) is 0 Å². The molecular weight excluding hydrogens is 663 g/mol. The average molecular weight is 750 g/mol. The predicted molar refractivity (Wildman–Crippen MR) is 239 cm³/mol. The average Bonchev–Trinajstić information content (AvgIpc) is 3.18. The van der Waals surface area contributed by atoms with Gasteiger partial charge >= 0.3 is 0 Å². The van der Waals surface area contributed by atoms with Gasteiger partial charge in [0, 0.05) is 6.42 Å². The lowest BCUT2D eigenvalue weighted by molar-refractivity contribution is -0.123. The molecule has 0 aromatic rings. The topological polar surface area (TPSA) is 69.6 Å². The first-order valence-electron chi connectivity index (χ1n) is 22.8. The molecule has 0 spiro atoms. The second-order valence-electron chi connectivity index (χ2n) is 15.1. The zero-order valence-corrected chi connectivity index (χ0v) is 35.5. The van der Waals surface area contributed by atoms with E-state index >= 15 is 0 Å². The normalized spacial score (nSPS) is 13.8. The van der Waals surface area contributed by atoms with E-state index < -0.39 is 12.1 Å². The molecule has 0 bridgehead atoms. The van der Waals surface area contributed by atoms with E-state index in [1.54, 1.807) is 0 Å². The van der Waals surface area contributed by atoms with Gasteiger partial charge < -0.3 is 15.5 Å². The second-order valence-corrected chi connectivity index (χ2v) is 15.1. The number of rotatable bonds is 40. The minimum atomic E-state index is -0.689. The fourth-order valence-corrected chi connectivity index (χ4v) is 6.47. The highest BCUT2D eigenvalue weighted by atomic mass is 16.3. The van der Waals surface area contributed by atoms with Crippen molar-refractivity contribution < 1.29 is 15.0 Å². The number of unbranched alkanes of at least 4 members (excludes halogenated alkanes) is 19. The van der Waals surface area contributed by atoms with Crippen LogP contribution in [0.1, 0.15) is 206 Å². The summed E-state index contributed by atoms with van der Waals surface area (Å²) in [6, 6.07) is -0.573. The molecule has 0 aliphatic heterocycles. The van der Waals surface area contributed by atoms with Crippen LogP contribution in [-0.4, -0.2) is 34.9 Å². The number of hydrogen-bond donors (Lipinski definition) is 3. The van der Waals surface area contributed by atoms with Gasteiger partial charge in [-0.2, -0.15) is 0 Å². The smallest absolute Gasteiger partial charge is 0.220 e. The molecule has 2 unspecified atom stereocenters. The molecule has 310 valence electrons. The van der Waals surface area contributed by atoms with Gasteiger partial charge in [-0.15, -0.1) is 0 Å². The van der Waals surface area contributed by atoms with Crippen LogP contribution in [0.5, 0.6) is 0 Å². The molecular formula is C50H87NO3. The first kappa shape index (κ1) is 51.6. The molecule has 0 aromatic heterocycles. The molecule has 0 saturated carbocycles. The van der Waals surface area contributed by atoms with Gasteiger partial charge in [0.2, 0.25) is 5.91 Å². The molecule has 0 saturated heterocycles. The van der Waals surface area contributed by atoms with Gasteiger partial charge in [-0.25, -0.2) is 0 Å². The molecule has 3 N–H and O–H groups in total. The number of hydrogen-bond acceptors (Lipinski definition) is 3. The van der Waals surface area contributed by atoms with Crippen LogP contribution in [0.3, 0.4) is 0 Å². The largest absolute Gasteiger partial charge is 0.394 e. The summed E-state index contributed by atoms with van der Waals surface area (Å²) in [5.74, 6) is -0.0911. The number of amides is 1. The minimum absolute atomic E-state index is 0.0911. The summed E-state index contributed by atoms with van der Waals surface area (Å²) >= 11 is 0. The zero-order chi connectivity index (χ0) is 39.3. The Bertz CT molecular complexity index is 988. The van der Waals surface area contributed by atoms with Crippen LogP contribution < -0.4 is 5.32 Å². The van der Waals surface area contributed by atoms with Gasteiger partial charge in [0.25, 0.3) is 0 Å². The van der Waals surface area contributed by atoms with Crippen molar-refractivity contribution in [2.24, 2.45) is 0 Å². The molecule has 0 fully saturated rings. The van der Waals surface area contributed by atoms with E-state index in [1.165, 1.54) is 109 Å². The van der Waals surface area contributed by atoms with Crippen LogP contribution in [0, 0.1) is 0 Å². The van der Waals surface area contributed by atoms with Gasteiger partial charge in [-0.1, -0.05) is 221 Å². The fourth-order valence-electron chi connectivity index (χ4n) is 6.47. The van der Waals surface area contributed by atoms with E-state index in [4.69, 9.17) is 0 Å². The standard InChI is InChI=1S/C50H87NO3/c1-3-5-7-9-11-13-15-17-19-21-23-24-25-26-28-30-32-34-36-38-40-42-44-46-50(54)51-48(47-52)49(53)45-43-41-39-37-35-33-31-29-27-22-20-18-16-14-12-10-8-6-4-2/h5,7,11,13,17,19,23-24,26,28,32,34,38,40,48-49,52-53H,3-4,6,8-10,12,14-16,18,20-22,25,27,29-31,33,35-37,39,41-47H2,1-2H3,(H,51,54)/b7-5-,13-11-,19-17-,24-23-,28-26-,34-32-,40-38-. The third-order valence-electron chi connectivity index (χ3n) is 9.92. The van der Waals surface area contributed by atoms with Gasteiger partial charge in [-0.05, 0) is 64.2 Å². The van der Waals surface area contributed by atoms with Crippen LogP contribution >= 0.6 is 0 Å². The number of carbonyl (C=O) groups excluding carboxylic acids is 1. The molecule has 0 aliphatic rings. The monoisotopic (exact) mass is 750 g/mol. The third kappa shape index (κ3) is 40.7. The Morgan fingerprint density at radius 1 is 0.463 bits per heavy atom. The molecule has 0 aliphatic carbocycles. The van der Waals surface area contributed by atoms with Crippen LogP contribution in [-0.2, 0) is 4.79 Å². The van der Waals surface area contributed by atoms with Crippen molar-refractivity contribution in [3.63, 3.8) is 0 Å². The van der Waals surface area contributed by atoms with Gasteiger partial charge in [-0.3, -0.25) is 4.79 Å². The summed E-state index contributed by atoms with van der Waals surface area (Å²) in [6.45, 7) is 4.22. The highest BCUT2D eigenvalue weighted by Crippen LogP contribution is 2.16.